The van der Waals surface area contributed by atoms with Crippen molar-refractivity contribution in [3.63, 3.8) is 0 Å². The van der Waals surface area contributed by atoms with Crippen LogP contribution in [-0.4, -0.2) is 54.6 Å². The Morgan fingerprint density at radius 2 is 2.10 bits per heavy atom. The van der Waals surface area contributed by atoms with Crippen LogP contribution in [0.15, 0.2) is 12.4 Å². The highest BCUT2D eigenvalue weighted by molar-refractivity contribution is 5.28. The molecule has 5 nitrogen and oxygen atoms in total. The number of hydrogen-bond donors (Lipinski definition) is 1. The second-order valence-corrected chi connectivity index (χ2v) is 6.57. The Labute approximate surface area is 128 Å². The molecule has 118 valence electrons. The van der Waals surface area contributed by atoms with Crippen LogP contribution in [-0.2, 0) is 6.54 Å². The highest BCUT2D eigenvalue weighted by Gasteiger charge is 2.22. The number of aromatic nitrogens is 2. The minimum absolute atomic E-state index is 0.631. The fourth-order valence-electron chi connectivity index (χ4n) is 2.75. The highest BCUT2D eigenvalue weighted by Crippen LogP contribution is 2.17. The molecule has 0 aromatic carbocycles. The molecule has 1 aromatic heterocycles. The lowest BCUT2D eigenvalue weighted by Crippen LogP contribution is -2.37. The van der Waals surface area contributed by atoms with Crippen LogP contribution in [0.1, 0.15) is 32.3 Å². The van der Waals surface area contributed by atoms with Gasteiger partial charge in [-0.2, -0.15) is 0 Å². The van der Waals surface area contributed by atoms with E-state index < -0.39 is 0 Å². The predicted octanol–water partition coefficient (Wildman–Crippen LogP) is 1.75. The minimum Gasteiger partial charge on any atom is -0.342 e. The molecule has 21 heavy (non-hydrogen) atoms. The molecule has 1 aromatic rings. The van der Waals surface area contributed by atoms with Crippen molar-refractivity contribution < 1.29 is 0 Å². The second kappa shape index (κ2) is 7.71. The molecule has 0 spiro atoms. The van der Waals surface area contributed by atoms with Crippen molar-refractivity contribution in [1.82, 2.24) is 20.2 Å². The molecule has 1 N–H and O–H groups in total. The van der Waals surface area contributed by atoms with E-state index in [1.54, 1.807) is 0 Å². The maximum absolute atomic E-state index is 4.50. The van der Waals surface area contributed by atoms with Gasteiger partial charge in [0.05, 0.1) is 0 Å². The molecule has 1 atom stereocenters. The van der Waals surface area contributed by atoms with Crippen molar-refractivity contribution in [3.8, 4) is 0 Å². The monoisotopic (exact) mass is 291 g/mol. The summed E-state index contributed by atoms with van der Waals surface area (Å²) in [6, 6.07) is 0.631. The van der Waals surface area contributed by atoms with Crippen LogP contribution in [0.5, 0.6) is 0 Å². The largest absolute Gasteiger partial charge is 0.342 e. The van der Waals surface area contributed by atoms with Gasteiger partial charge < -0.3 is 15.1 Å². The van der Waals surface area contributed by atoms with Crippen LogP contribution in [0.3, 0.4) is 0 Å². The first-order valence-corrected chi connectivity index (χ1v) is 7.99. The van der Waals surface area contributed by atoms with E-state index in [0.29, 0.717) is 12.0 Å². The Bertz CT molecular complexity index is 417. The molecule has 0 bridgehead atoms. The average molecular weight is 291 g/mol. The predicted molar refractivity (Wildman–Crippen MR) is 87.5 cm³/mol. The van der Waals surface area contributed by atoms with Crippen LogP contribution in [0.25, 0.3) is 0 Å². The van der Waals surface area contributed by atoms with E-state index in [-0.39, 0.29) is 0 Å². The van der Waals surface area contributed by atoms with Crippen molar-refractivity contribution in [2.24, 2.45) is 5.92 Å². The number of likely N-dealkylation sites (N-methyl/N-ethyl adjacent to an activating group) is 2. The maximum Gasteiger partial charge on any atom is 0.225 e. The molecular formula is C16H29N5. The SMILES string of the molecule is CC(C)CNCc1cnc(N(C)CC2CCCN2C)nc1. The zero-order valence-corrected chi connectivity index (χ0v) is 13.8. The molecule has 1 aliphatic heterocycles. The molecule has 0 radical (unpaired) electrons. The van der Waals surface area contributed by atoms with Gasteiger partial charge in [-0.1, -0.05) is 13.8 Å². The van der Waals surface area contributed by atoms with Crippen LogP contribution in [0, 0.1) is 5.92 Å². The topological polar surface area (TPSA) is 44.3 Å². The standard InChI is InChI=1S/C16H29N5/c1-13(2)8-17-9-14-10-18-16(19-11-14)21(4)12-15-6-5-7-20(15)3/h10-11,13,15,17H,5-9,12H2,1-4H3. The fourth-order valence-corrected chi connectivity index (χ4v) is 2.75. The Hall–Kier alpha value is -1.20. The third-order valence-corrected chi connectivity index (χ3v) is 4.07. The number of hydrogen-bond acceptors (Lipinski definition) is 5. The van der Waals surface area contributed by atoms with Gasteiger partial charge >= 0.3 is 0 Å². The molecule has 5 heteroatoms. The van der Waals surface area contributed by atoms with E-state index in [2.05, 4.69) is 53.0 Å². The zero-order chi connectivity index (χ0) is 15.2. The van der Waals surface area contributed by atoms with Crippen molar-refractivity contribution >= 4 is 5.95 Å². The number of anilines is 1. The molecule has 0 saturated carbocycles. The summed E-state index contributed by atoms with van der Waals surface area (Å²) in [6.45, 7) is 8.49. The third kappa shape index (κ3) is 4.93. The molecule has 2 heterocycles. The molecule has 0 aliphatic carbocycles. The Kier molecular flexibility index (Phi) is 5.94. The van der Waals surface area contributed by atoms with Gasteiger partial charge in [-0.3, -0.25) is 0 Å². The average Bonchev–Trinajstić information content (AvgIpc) is 2.84. The van der Waals surface area contributed by atoms with E-state index in [1.165, 1.54) is 19.4 Å². The van der Waals surface area contributed by atoms with Gasteiger partial charge in [0, 0.05) is 44.1 Å². The van der Waals surface area contributed by atoms with Crippen molar-refractivity contribution in [1.29, 1.82) is 0 Å². The Morgan fingerprint density at radius 1 is 1.38 bits per heavy atom. The molecule has 2 rings (SSSR count). The summed E-state index contributed by atoms with van der Waals surface area (Å²) in [5.41, 5.74) is 1.14. The van der Waals surface area contributed by atoms with Gasteiger partial charge in [0.25, 0.3) is 0 Å². The Balaban J connectivity index is 1.83. The van der Waals surface area contributed by atoms with E-state index in [0.717, 1.165) is 31.1 Å². The first-order valence-electron chi connectivity index (χ1n) is 7.99. The molecular weight excluding hydrogens is 262 g/mol. The van der Waals surface area contributed by atoms with Gasteiger partial charge in [0.2, 0.25) is 5.95 Å². The van der Waals surface area contributed by atoms with E-state index >= 15 is 0 Å². The Morgan fingerprint density at radius 3 is 2.67 bits per heavy atom. The highest BCUT2D eigenvalue weighted by atomic mass is 15.3. The molecule has 1 saturated heterocycles. The normalized spacial score (nSPS) is 19.4. The van der Waals surface area contributed by atoms with Crippen LogP contribution in [0.4, 0.5) is 5.95 Å². The summed E-state index contributed by atoms with van der Waals surface area (Å²) in [6.07, 6.45) is 6.45. The molecule has 1 fully saturated rings. The summed E-state index contributed by atoms with van der Waals surface area (Å²) in [7, 11) is 4.29. The van der Waals surface area contributed by atoms with Crippen LogP contribution < -0.4 is 10.2 Å². The molecule has 1 aliphatic rings. The first kappa shape index (κ1) is 16.2. The minimum atomic E-state index is 0.631. The van der Waals surface area contributed by atoms with Gasteiger partial charge in [-0.05, 0) is 38.9 Å². The van der Waals surface area contributed by atoms with Crippen LogP contribution in [0.2, 0.25) is 0 Å². The summed E-state index contributed by atoms with van der Waals surface area (Å²) in [4.78, 5) is 13.6. The molecule has 0 amide bonds. The van der Waals surface area contributed by atoms with E-state index in [4.69, 9.17) is 0 Å². The van der Waals surface area contributed by atoms with Gasteiger partial charge in [-0.25, -0.2) is 9.97 Å². The van der Waals surface area contributed by atoms with Crippen molar-refractivity contribution in [2.75, 3.05) is 38.6 Å². The fraction of sp³-hybridized carbons (Fsp3) is 0.750. The van der Waals surface area contributed by atoms with Crippen molar-refractivity contribution in [2.45, 2.75) is 39.3 Å². The second-order valence-electron chi connectivity index (χ2n) is 6.57. The third-order valence-electron chi connectivity index (χ3n) is 4.07. The maximum atomic E-state index is 4.50. The van der Waals surface area contributed by atoms with Gasteiger partial charge in [0.15, 0.2) is 0 Å². The summed E-state index contributed by atoms with van der Waals surface area (Å²) in [5.74, 6) is 1.49. The van der Waals surface area contributed by atoms with E-state index in [1.807, 2.05) is 12.4 Å². The number of rotatable bonds is 7. The first-order chi connectivity index (χ1) is 10.1. The lowest BCUT2D eigenvalue weighted by Gasteiger charge is -2.25. The summed E-state index contributed by atoms with van der Waals surface area (Å²) >= 11 is 0. The number of nitrogens with zero attached hydrogens (tertiary/aromatic N) is 4. The summed E-state index contributed by atoms with van der Waals surface area (Å²) < 4.78 is 0. The van der Waals surface area contributed by atoms with E-state index in [9.17, 15) is 0 Å². The zero-order valence-electron chi connectivity index (χ0n) is 13.8. The lowest BCUT2D eigenvalue weighted by atomic mass is 10.2. The lowest BCUT2D eigenvalue weighted by molar-refractivity contribution is 0.313. The smallest absolute Gasteiger partial charge is 0.225 e. The summed E-state index contributed by atoms with van der Waals surface area (Å²) in [5, 5.41) is 3.41. The molecule has 1 unspecified atom stereocenters. The van der Waals surface area contributed by atoms with Crippen molar-refractivity contribution in [3.05, 3.63) is 18.0 Å². The van der Waals surface area contributed by atoms with Crippen LogP contribution >= 0.6 is 0 Å². The van der Waals surface area contributed by atoms with Gasteiger partial charge in [0.1, 0.15) is 0 Å². The number of nitrogens with one attached hydrogen (secondary N) is 1. The quantitative estimate of drug-likeness (QED) is 0.829. The van der Waals surface area contributed by atoms with Gasteiger partial charge in [-0.15, -0.1) is 0 Å². The number of likely N-dealkylation sites (tertiary alicyclic amines) is 1.